The van der Waals surface area contributed by atoms with Crippen molar-refractivity contribution in [2.75, 3.05) is 19.6 Å². The van der Waals surface area contributed by atoms with Crippen LogP contribution in [0.3, 0.4) is 0 Å². The van der Waals surface area contributed by atoms with Gasteiger partial charge in [0.2, 0.25) is 0 Å². The highest BCUT2D eigenvalue weighted by atomic mass is 16.3. The van der Waals surface area contributed by atoms with E-state index < -0.39 is 5.60 Å². The second kappa shape index (κ2) is 7.46. The average molecular weight is 256 g/mol. The molecule has 2 N–H and O–H groups in total. The van der Waals surface area contributed by atoms with Gasteiger partial charge in [-0.3, -0.25) is 4.90 Å². The predicted molar refractivity (Wildman–Crippen MR) is 77.9 cm³/mol. The fourth-order valence-corrected chi connectivity index (χ4v) is 2.67. The molecule has 1 saturated heterocycles. The Morgan fingerprint density at radius 1 is 1.28 bits per heavy atom. The first-order chi connectivity index (χ1) is 8.50. The highest BCUT2D eigenvalue weighted by Crippen LogP contribution is 2.19. The first-order valence-corrected chi connectivity index (χ1v) is 7.70. The Hall–Kier alpha value is -0.120. The van der Waals surface area contributed by atoms with Crippen molar-refractivity contribution in [3.63, 3.8) is 0 Å². The first kappa shape index (κ1) is 15.9. The van der Waals surface area contributed by atoms with Crippen molar-refractivity contribution in [3.05, 3.63) is 0 Å². The van der Waals surface area contributed by atoms with E-state index in [0.29, 0.717) is 12.1 Å². The summed E-state index contributed by atoms with van der Waals surface area (Å²) in [5, 5.41) is 14.1. The zero-order valence-corrected chi connectivity index (χ0v) is 12.7. The Kier molecular flexibility index (Phi) is 6.61. The highest BCUT2D eigenvalue weighted by Gasteiger charge is 2.28. The smallest absolute Gasteiger partial charge is 0.0769 e. The van der Waals surface area contributed by atoms with Crippen molar-refractivity contribution in [3.8, 4) is 0 Å². The summed E-state index contributed by atoms with van der Waals surface area (Å²) < 4.78 is 0. The van der Waals surface area contributed by atoms with Crippen molar-refractivity contribution < 1.29 is 5.11 Å². The maximum Gasteiger partial charge on any atom is 0.0769 e. The molecule has 0 aromatic carbocycles. The molecule has 0 radical (unpaired) electrons. The van der Waals surface area contributed by atoms with Crippen molar-refractivity contribution in [2.24, 2.45) is 0 Å². The molecule has 0 spiro atoms. The Balaban J connectivity index is 2.53. The van der Waals surface area contributed by atoms with Crippen LogP contribution in [0, 0.1) is 0 Å². The van der Waals surface area contributed by atoms with Gasteiger partial charge < -0.3 is 10.4 Å². The number of nitrogens with zero attached hydrogens (tertiary/aromatic N) is 1. The third-order valence-corrected chi connectivity index (χ3v) is 4.41. The van der Waals surface area contributed by atoms with E-state index in [1.54, 1.807) is 0 Å². The molecule has 1 unspecified atom stereocenters. The highest BCUT2D eigenvalue weighted by molar-refractivity contribution is 4.84. The van der Waals surface area contributed by atoms with E-state index in [1.165, 1.54) is 19.3 Å². The van der Waals surface area contributed by atoms with Gasteiger partial charge in [-0.1, -0.05) is 20.3 Å². The van der Waals surface area contributed by atoms with Crippen LogP contribution in [0.5, 0.6) is 0 Å². The van der Waals surface area contributed by atoms with Gasteiger partial charge in [-0.25, -0.2) is 0 Å². The van der Waals surface area contributed by atoms with Gasteiger partial charge in [-0.2, -0.15) is 0 Å². The summed E-state index contributed by atoms with van der Waals surface area (Å²) in [7, 11) is 0. The molecular weight excluding hydrogens is 224 g/mol. The summed E-state index contributed by atoms with van der Waals surface area (Å²) >= 11 is 0. The van der Waals surface area contributed by atoms with E-state index in [1.807, 2.05) is 0 Å². The van der Waals surface area contributed by atoms with Crippen LogP contribution in [-0.4, -0.2) is 47.3 Å². The Bertz CT molecular complexity index is 221. The van der Waals surface area contributed by atoms with E-state index in [4.69, 9.17) is 0 Å². The standard InChI is InChI=1S/C15H32N2O/c1-5-15(18,6-2)12-17(13(3)4)11-14-9-7-8-10-16-14/h13-14,16,18H,5-12H2,1-4H3. The molecule has 0 aliphatic carbocycles. The van der Waals surface area contributed by atoms with Gasteiger partial charge in [0.15, 0.2) is 0 Å². The molecule has 1 aliphatic rings. The molecule has 3 heteroatoms. The molecule has 1 heterocycles. The number of piperidine rings is 1. The van der Waals surface area contributed by atoms with Crippen molar-refractivity contribution in [2.45, 2.75) is 77.5 Å². The summed E-state index contributed by atoms with van der Waals surface area (Å²) in [4.78, 5) is 2.44. The van der Waals surface area contributed by atoms with E-state index in [9.17, 15) is 5.11 Å². The number of hydrogen-bond donors (Lipinski definition) is 2. The Labute approximate surface area is 113 Å². The van der Waals surface area contributed by atoms with Gasteiger partial charge in [0, 0.05) is 25.2 Å². The molecule has 1 rings (SSSR count). The van der Waals surface area contributed by atoms with E-state index in [2.05, 4.69) is 37.9 Å². The normalized spacial score (nSPS) is 21.8. The summed E-state index contributed by atoms with van der Waals surface area (Å²) in [6, 6.07) is 1.11. The molecule has 0 amide bonds. The summed E-state index contributed by atoms with van der Waals surface area (Å²) in [5.41, 5.74) is -0.515. The molecule has 0 aromatic heterocycles. The van der Waals surface area contributed by atoms with Gasteiger partial charge in [0.25, 0.3) is 0 Å². The second-order valence-electron chi connectivity index (χ2n) is 6.10. The lowest BCUT2D eigenvalue weighted by Crippen LogP contribution is -2.51. The number of aliphatic hydroxyl groups is 1. The maximum absolute atomic E-state index is 10.5. The topological polar surface area (TPSA) is 35.5 Å². The fraction of sp³-hybridized carbons (Fsp3) is 1.00. The molecule has 0 aromatic rings. The summed E-state index contributed by atoms with van der Waals surface area (Å²) in [6.07, 6.45) is 5.61. The minimum atomic E-state index is -0.515. The number of rotatable bonds is 7. The molecule has 1 aliphatic heterocycles. The third-order valence-electron chi connectivity index (χ3n) is 4.41. The Morgan fingerprint density at radius 2 is 1.94 bits per heavy atom. The van der Waals surface area contributed by atoms with E-state index >= 15 is 0 Å². The molecule has 1 atom stereocenters. The van der Waals surface area contributed by atoms with Crippen LogP contribution in [0.1, 0.15) is 59.8 Å². The van der Waals surface area contributed by atoms with Gasteiger partial charge >= 0.3 is 0 Å². The third kappa shape index (κ3) is 4.87. The second-order valence-corrected chi connectivity index (χ2v) is 6.10. The summed E-state index contributed by atoms with van der Waals surface area (Å²) in [5.74, 6) is 0. The van der Waals surface area contributed by atoms with Crippen LogP contribution in [0.4, 0.5) is 0 Å². The van der Waals surface area contributed by atoms with E-state index in [-0.39, 0.29) is 0 Å². The molecule has 0 saturated carbocycles. The zero-order valence-electron chi connectivity index (χ0n) is 12.7. The summed E-state index contributed by atoms with van der Waals surface area (Å²) in [6.45, 7) is 11.7. The molecule has 1 fully saturated rings. The minimum Gasteiger partial charge on any atom is -0.389 e. The molecule has 108 valence electrons. The van der Waals surface area contributed by atoms with Crippen LogP contribution in [0.25, 0.3) is 0 Å². The number of nitrogens with one attached hydrogen (secondary N) is 1. The minimum absolute atomic E-state index is 0.498. The quantitative estimate of drug-likeness (QED) is 0.734. The molecule has 18 heavy (non-hydrogen) atoms. The maximum atomic E-state index is 10.5. The van der Waals surface area contributed by atoms with Crippen molar-refractivity contribution in [1.29, 1.82) is 0 Å². The van der Waals surface area contributed by atoms with Crippen molar-refractivity contribution in [1.82, 2.24) is 10.2 Å². The monoisotopic (exact) mass is 256 g/mol. The van der Waals surface area contributed by atoms with Crippen LogP contribution in [-0.2, 0) is 0 Å². The van der Waals surface area contributed by atoms with Gasteiger partial charge in [0.1, 0.15) is 0 Å². The molecule has 0 bridgehead atoms. The average Bonchev–Trinajstić information content (AvgIpc) is 2.39. The Morgan fingerprint density at radius 3 is 2.39 bits per heavy atom. The molecular formula is C15H32N2O. The van der Waals surface area contributed by atoms with Gasteiger partial charge in [-0.15, -0.1) is 0 Å². The lowest BCUT2D eigenvalue weighted by Gasteiger charge is -2.38. The van der Waals surface area contributed by atoms with Crippen molar-refractivity contribution >= 4 is 0 Å². The lowest BCUT2D eigenvalue weighted by atomic mass is 9.95. The van der Waals surface area contributed by atoms with Crippen LogP contribution in [0.15, 0.2) is 0 Å². The van der Waals surface area contributed by atoms with Gasteiger partial charge in [0.05, 0.1) is 5.60 Å². The predicted octanol–water partition coefficient (Wildman–Crippen LogP) is 2.39. The van der Waals surface area contributed by atoms with Crippen LogP contribution >= 0.6 is 0 Å². The zero-order chi connectivity index (χ0) is 13.6. The van der Waals surface area contributed by atoms with Crippen LogP contribution in [0.2, 0.25) is 0 Å². The number of hydrogen-bond acceptors (Lipinski definition) is 3. The lowest BCUT2D eigenvalue weighted by molar-refractivity contribution is -0.0145. The van der Waals surface area contributed by atoms with E-state index in [0.717, 1.165) is 32.5 Å². The first-order valence-electron chi connectivity index (χ1n) is 7.70. The fourth-order valence-electron chi connectivity index (χ4n) is 2.67. The van der Waals surface area contributed by atoms with Gasteiger partial charge in [-0.05, 0) is 46.1 Å². The molecule has 3 nitrogen and oxygen atoms in total. The van der Waals surface area contributed by atoms with Crippen LogP contribution < -0.4 is 5.32 Å². The SMILES string of the molecule is CCC(O)(CC)CN(CC1CCCCN1)C(C)C. The largest absolute Gasteiger partial charge is 0.389 e.